The number of nitrogens with zero attached hydrogens (tertiary/aromatic N) is 4. The zero-order valence-corrected chi connectivity index (χ0v) is 18.6. The molecule has 0 unspecified atom stereocenters. The Morgan fingerprint density at radius 2 is 1.71 bits per heavy atom. The highest BCUT2D eigenvalue weighted by molar-refractivity contribution is 6.39. The van der Waals surface area contributed by atoms with E-state index < -0.39 is 0 Å². The molecule has 1 aromatic heterocycles. The summed E-state index contributed by atoms with van der Waals surface area (Å²) in [6.45, 7) is 1.54. The summed E-state index contributed by atoms with van der Waals surface area (Å²) in [6, 6.07) is 17.2. The van der Waals surface area contributed by atoms with Gasteiger partial charge in [0.25, 0.3) is 0 Å². The lowest BCUT2D eigenvalue weighted by atomic mass is 10.1. The van der Waals surface area contributed by atoms with Crippen LogP contribution in [0.1, 0.15) is 37.4 Å². The van der Waals surface area contributed by atoms with Crippen LogP contribution in [0.25, 0.3) is 11.3 Å². The van der Waals surface area contributed by atoms with E-state index in [1.54, 1.807) is 0 Å². The van der Waals surface area contributed by atoms with Gasteiger partial charge in [0.2, 0.25) is 0 Å². The predicted octanol–water partition coefficient (Wildman–Crippen LogP) is 5.77. The Bertz CT molecular complexity index is 1080. The Morgan fingerprint density at radius 3 is 2.39 bits per heavy atom. The summed E-state index contributed by atoms with van der Waals surface area (Å²) in [5.41, 5.74) is 3.80. The molecule has 3 atom stereocenters. The fourth-order valence-corrected chi connectivity index (χ4v) is 5.79. The SMILES string of the molecule is Clc1cccc(Cl)c1-c1nnn(C2CC2)c1CO[C@@H]1C[C@@H]2C[C@H]1CN2c1ccccc1. The van der Waals surface area contributed by atoms with Crippen molar-refractivity contribution < 1.29 is 4.74 Å². The first-order valence-electron chi connectivity index (χ1n) is 11.0. The molecule has 6 rings (SSSR count). The van der Waals surface area contributed by atoms with Crippen LogP contribution in [0, 0.1) is 5.92 Å². The first-order chi connectivity index (χ1) is 15.2. The molecule has 0 N–H and O–H groups in total. The number of aromatic nitrogens is 3. The Hall–Kier alpha value is -2.08. The fourth-order valence-electron chi connectivity index (χ4n) is 5.21. The van der Waals surface area contributed by atoms with Gasteiger partial charge in [-0.3, -0.25) is 0 Å². The van der Waals surface area contributed by atoms with E-state index in [9.17, 15) is 0 Å². The number of benzene rings is 2. The molecule has 2 aliphatic carbocycles. The molecule has 2 aromatic carbocycles. The summed E-state index contributed by atoms with van der Waals surface area (Å²) in [7, 11) is 0. The van der Waals surface area contributed by atoms with Gasteiger partial charge in [-0.05, 0) is 49.9 Å². The Balaban J connectivity index is 1.21. The van der Waals surface area contributed by atoms with Gasteiger partial charge < -0.3 is 9.64 Å². The second kappa shape index (κ2) is 7.80. The van der Waals surface area contributed by atoms with Crippen LogP contribution >= 0.6 is 23.2 Å². The highest BCUT2D eigenvalue weighted by Gasteiger charge is 2.45. The third kappa shape index (κ3) is 3.53. The van der Waals surface area contributed by atoms with Crippen molar-refractivity contribution in [1.29, 1.82) is 0 Å². The molecule has 3 fully saturated rings. The van der Waals surface area contributed by atoms with E-state index in [0.717, 1.165) is 42.8 Å². The van der Waals surface area contributed by atoms with Gasteiger partial charge in [-0.15, -0.1) is 5.10 Å². The molecular weight excluding hydrogens is 431 g/mol. The zero-order valence-electron chi connectivity index (χ0n) is 17.1. The van der Waals surface area contributed by atoms with E-state index >= 15 is 0 Å². The van der Waals surface area contributed by atoms with Crippen LogP contribution in [-0.2, 0) is 11.3 Å². The van der Waals surface area contributed by atoms with E-state index in [-0.39, 0.29) is 6.10 Å². The third-order valence-corrected chi connectivity index (χ3v) is 7.51. The van der Waals surface area contributed by atoms with Crippen LogP contribution < -0.4 is 4.90 Å². The summed E-state index contributed by atoms with van der Waals surface area (Å²) < 4.78 is 8.54. The molecule has 1 saturated heterocycles. The average molecular weight is 455 g/mol. The van der Waals surface area contributed by atoms with E-state index in [0.29, 0.717) is 34.7 Å². The average Bonchev–Trinajstić information content (AvgIpc) is 3.24. The molecule has 160 valence electrons. The van der Waals surface area contributed by atoms with Gasteiger partial charge in [0.15, 0.2) is 0 Å². The molecule has 31 heavy (non-hydrogen) atoms. The van der Waals surface area contributed by atoms with Crippen molar-refractivity contribution in [3.63, 3.8) is 0 Å². The Kier molecular flexibility index (Phi) is 4.93. The topological polar surface area (TPSA) is 43.2 Å². The maximum Gasteiger partial charge on any atom is 0.121 e. The highest BCUT2D eigenvalue weighted by atomic mass is 35.5. The fraction of sp³-hybridized carbons (Fsp3) is 0.417. The van der Waals surface area contributed by atoms with Gasteiger partial charge in [-0.25, -0.2) is 4.68 Å². The zero-order chi connectivity index (χ0) is 20.9. The molecule has 0 radical (unpaired) electrons. The molecular formula is C24H24Cl2N4O. The standard InChI is InChI=1S/C24H24Cl2N4O/c25-19-7-4-8-20(26)23(19)24-21(30(28-27-24)17-9-10-17)14-31-22-12-18-11-15(22)13-29(18)16-5-2-1-3-6-16/h1-8,15,17-18,22H,9-14H2/t15-,18-,22+/m0/s1. The summed E-state index contributed by atoms with van der Waals surface area (Å²) in [5, 5.41) is 10.1. The van der Waals surface area contributed by atoms with Crippen LogP contribution in [-0.4, -0.2) is 33.7 Å². The van der Waals surface area contributed by atoms with Crippen LogP contribution in [0.5, 0.6) is 0 Å². The van der Waals surface area contributed by atoms with Gasteiger partial charge in [-0.1, -0.05) is 52.7 Å². The highest BCUT2D eigenvalue weighted by Crippen LogP contribution is 2.44. The lowest BCUT2D eigenvalue weighted by Gasteiger charge is -2.33. The smallest absolute Gasteiger partial charge is 0.121 e. The largest absolute Gasteiger partial charge is 0.371 e. The minimum absolute atomic E-state index is 0.266. The molecule has 2 saturated carbocycles. The lowest BCUT2D eigenvalue weighted by molar-refractivity contribution is 0.00958. The molecule has 5 nitrogen and oxygen atoms in total. The first kappa shape index (κ1) is 19.6. The monoisotopic (exact) mass is 454 g/mol. The second-order valence-electron chi connectivity index (χ2n) is 8.88. The Labute approximate surface area is 191 Å². The van der Waals surface area contributed by atoms with Crippen molar-refractivity contribution in [2.45, 2.75) is 50.5 Å². The minimum atomic E-state index is 0.266. The molecule has 0 amide bonds. The van der Waals surface area contributed by atoms with Crippen molar-refractivity contribution in [2.75, 3.05) is 11.4 Å². The number of halogens is 2. The van der Waals surface area contributed by atoms with Gasteiger partial charge in [0.1, 0.15) is 5.69 Å². The normalized spacial score (nSPS) is 24.8. The van der Waals surface area contributed by atoms with Crippen LogP contribution in [0.2, 0.25) is 10.0 Å². The van der Waals surface area contributed by atoms with Crippen LogP contribution in [0.4, 0.5) is 5.69 Å². The van der Waals surface area contributed by atoms with Crippen molar-refractivity contribution in [2.24, 2.45) is 5.92 Å². The second-order valence-corrected chi connectivity index (χ2v) is 9.69. The Morgan fingerprint density at radius 1 is 0.935 bits per heavy atom. The molecule has 2 bridgehead atoms. The number of fused-ring (bicyclic) bond motifs is 2. The number of ether oxygens (including phenoxy) is 1. The lowest BCUT2D eigenvalue weighted by Crippen LogP contribution is -2.38. The maximum absolute atomic E-state index is 6.51. The van der Waals surface area contributed by atoms with Gasteiger partial charge in [-0.2, -0.15) is 0 Å². The van der Waals surface area contributed by atoms with Crippen molar-refractivity contribution in [3.8, 4) is 11.3 Å². The minimum Gasteiger partial charge on any atom is -0.371 e. The van der Waals surface area contributed by atoms with E-state index in [1.165, 1.54) is 12.1 Å². The number of anilines is 1. The van der Waals surface area contributed by atoms with E-state index in [1.807, 2.05) is 22.9 Å². The van der Waals surface area contributed by atoms with E-state index in [2.05, 4.69) is 45.5 Å². The first-order valence-corrected chi connectivity index (χ1v) is 11.8. The molecule has 7 heteroatoms. The number of rotatable bonds is 6. The van der Waals surface area contributed by atoms with Crippen LogP contribution in [0.15, 0.2) is 48.5 Å². The summed E-state index contributed by atoms with van der Waals surface area (Å²) >= 11 is 13.0. The summed E-state index contributed by atoms with van der Waals surface area (Å²) in [6.07, 6.45) is 4.79. The van der Waals surface area contributed by atoms with Crippen molar-refractivity contribution >= 4 is 28.9 Å². The third-order valence-electron chi connectivity index (χ3n) is 6.88. The number of hydrogen-bond donors (Lipinski definition) is 0. The van der Waals surface area contributed by atoms with Gasteiger partial charge >= 0.3 is 0 Å². The molecule has 3 aromatic rings. The van der Waals surface area contributed by atoms with Crippen LogP contribution in [0.3, 0.4) is 0 Å². The predicted molar refractivity (Wildman–Crippen MR) is 123 cm³/mol. The summed E-state index contributed by atoms with van der Waals surface area (Å²) in [5.74, 6) is 0.558. The van der Waals surface area contributed by atoms with E-state index in [4.69, 9.17) is 27.9 Å². The van der Waals surface area contributed by atoms with Crippen molar-refractivity contribution in [3.05, 3.63) is 64.3 Å². The number of para-hydroxylation sites is 1. The van der Waals surface area contributed by atoms with Crippen molar-refractivity contribution in [1.82, 2.24) is 15.0 Å². The quantitative estimate of drug-likeness (QED) is 0.473. The summed E-state index contributed by atoms with van der Waals surface area (Å²) in [4.78, 5) is 2.54. The number of hydrogen-bond acceptors (Lipinski definition) is 4. The maximum atomic E-state index is 6.51. The molecule has 0 spiro atoms. The number of piperidine rings is 1. The molecule has 3 aliphatic rings. The van der Waals surface area contributed by atoms with Gasteiger partial charge in [0, 0.05) is 29.8 Å². The molecule has 2 heterocycles. The van der Waals surface area contributed by atoms with Gasteiger partial charge in [0.05, 0.1) is 34.5 Å². The molecule has 1 aliphatic heterocycles.